The van der Waals surface area contributed by atoms with Crippen LogP contribution in [0.1, 0.15) is 37.7 Å². The van der Waals surface area contributed by atoms with Gasteiger partial charge in [0.1, 0.15) is 0 Å². The molecule has 18 heavy (non-hydrogen) atoms. The second kappa shape index (κ2) is 5.85. The zero-order valence-electron chi connectivity index (χ0n) is 10.9. The van der Waals surface area contributed by atoms with E-state index < -0.39 is 10.0 Å². The molecule has 0 radical (unpaired) electrons. The predicted octanol–water partition coefficient (Wildman–Crippen LogP) is 2.61. The van der Waals surface area contributed by atoms with Crippen LogP contribution in [-0.2, 0) is 10.0 Å². The van der Waals surface area contributed by atoms with Gasteiger partial charge in [0.05, 0.1) is 5.75 Å². The van der Waals surface area contributed by atoms with Crippen molar-refractivity contribution in [3.05, 3.63) is 35.9 Å². The monoisotopic (exact) mass is 267 g/mol. The van der Waals surface area contributed by atoms with E-state index in [9.17, 15) is 8.42 Å². The van der Waals surface area contributed by atoms with Crippen LogP contribution in [0, 0.1) is 0 Å². The van der Waals surface area contributed by atoms with E-state index in [1.165, 1.54) is 5.56 Å². The summed E-state index contributed by atoms with van der Waals surface area (Å²) in [5, 5.41) is 0. The molecule has 0 amide bonds. The Morgan fingerprint density at radius 1 is 1.17 bits per heavy atom. The number of hydrogen-bond donors (Lipinski definition) is 0. The van der Waals surface area contributed by atoms with Crippen molar-refractivity contribution in [1.82, 2.24) is 4.31 Å². The first-order valence-electron chi connectivity index (χ1n) is 6.66. The van der Waals surface area contributed by atoms with Crippen molar-refractivity contribution < 1.29 is 8.42 Å². The molecule has 3 nitrogen and oxygen atoms in total. The molecule has 0 N–H and O–H groups in total. The number of nitrogens with zero attached hydrogens (tertiary/aromatic N) is 1. The summed E-state index contributed by atoms with van der Waals surface area (Å²) in [4.78, 5) is 0. The van der Waals surface area contributed by atoms with Crippen molar-refractivity contribution in [3.8, 4) is 0 Å². The van der Waals surface area contributed by atoms with Crippen molar-refractivity contribution in [2.24, 2.45) is 0 Å². The number of piperidine rings is 1. The first kappa shape index (κ1) is 13.6. The van der Waals surface area contributed by atoms with Gasteiger partial charge in [-0.15, -0.1) is 0 Å². The Labute approximate surface area is 110 Å². The van der Waals surface area contributed by atoms with Gasteiger partial charge in [-0.2, -0.15) is 0 Å². The Kier molecular flexibility index (Phi) is 4.40. The van der Waals surface area contributed by atoms with E-state index in [-0.39, 0.29) is 5.75 Å². The molecule has 0 unspecified atom stereocenters. The fraction of sp³-hybridized carbons (Fsp3) is 0.571. The van der Waals surface area contributed by atoms with E-state index in [4.69, 9.17) is 0 Å². The lowest BCUT2D eigenvalue weighted by Crippen LogP contribution is -2.39. The van der Waals surface area contributed by atoms with Gasteiger partial charge in [0.2, 0.25) is 10.0 Å². The van der Waals surface area contributed by atoms with E-state index in [1.54, 1.807) is 4.31 Å². The summed E-state index contributed by atoms with van der Waals surface area (Å²) >= 11 is 0. The minimum absolute atomic E-state index is 0.281. The Balaban J connectivity index is 1.97. The minimum Gasteiger partial charge on any atom is -0.212 e. The minimum atomic E-state index is -3.01. The first-order chi connectivity index (χ1) is 8.63. The molecule has 0 atom stereocenters. The first-order valence-corrected chi connectivity index (χ1v) is 8.27. The lowest BCUT2D eigenvalue weighted by Gasteiger charge is -2.31. The summed E-state index contributed by atoms with van der Waals surface area (Å²) in [7, 11) is -3.01. The molecule has 1 aromatic carbocycles. The van der Waals surface area contributed by atoms with Crippen molar-refractivity contribution >= 4 is 10.0 Å². The molecule has 0 saturated carbocycles. The molecule has 0 bridgehead atoms. The summed E-state index contributed by atoms with van der Waals surface area (Å²) < 4.78 is 25.6. The summed E-state index contributed by atoms with van der Waals surface area (Å²) in [5.41, 5.74) is 1.34. The standard InChI is InChI=1S/C14H21NO2S/c1-2-12-18(16,17)15-10-8-14(9-11-15)13-6-4-3-5-7-13/h3-7,14H,2,8-12H2,1H3. The molecule has 100 valence electrons. The zero-order chi connectivity index (χ0) is 13.0. The van der Waals surface area contributed by atoms with Crippen molar-refractivity contribution in [1.29, 1.82) is 0 Å². The van der Waals surface area contributed by atoms with Crippen LogP contribution in [0.4, 0.5) is 0 Å². The average molecular weight is 267 g/mol. The highest BCUT2D eigenvalue weighted by Crippen LogP contribution is 2.28. The summed E-state index contributed by atoms with van der Waals surface area (Å²) in [6.07, 6.45) is 2.57. The van der Waals surface area contributed by atoms with Gasteiger partial charge in [-0.05, 0) is 30.7 Å². The molecule has 1 fully saturated rings. The lowest BCUT2D eigenvalue weighted by atomic mass is 9.90. The van der Waals surface area contributed by atoms with Crippen LogP contribution in [0.3, 0.4) is 0 Å². The zero-order valence-corrected chi connectivity index (χ0v) is 11.7. The summed E-state index contributed by atoms with van der Waals surface area (Å²) in [5.74, 6) is 0.794. The number of rotatable bonds is 4. The second-order valence-corrected chi connectivity index (χ2v) is 6.99. The molecule has 4 heteroatoms. The van der Waals surface area contributed by atoms with Gasteiger partial charge < -0.3 is 0 Å². The topological polar surface area (TPSA) is 37.4 Å². The molecule has 1 saturated heterocycles. The average Bonchev–Trinajstić information content (AvgIpc) is 2.40. The molecule has 1 heterocycles. The highest BCUT2D eigenvalue weighted by molar-refractivity contribution is 7.89. The third kappa shape index (κ3) is 3.12. The van der Waals surface area contributed by atoms with Gasteiger partial charge in [0.15, 0.2) is 0 Å². The maximum absolute atomic E-state index is 12.0. The van der Waals surface area contributed by atoms with E-state index in [2.05, 4.69) is 24.3 Å². The van der Waals surface area contributed by atoms with Crippen LogP contribution in [0.5, 0.6) is 0 Å². The normalized spacial score (nSPS) is 18.9. The highest BCUT2D eigenvalue weighted by atomic mass is 32.2. The molecular weight excluding hydrogens is 246 g/mol. The van der Waals surface area contributed by atoms with Gasteiger partial charge in [0, 0.05) is 13.1 Å². The van der Waals surface area contributed by atoms with Gasteiger partial charge >= 0.3 is 0 Å². The van der Waals surface area contributed by atoms with Crippen LogP contribution in [-0.4, -0.2) is 31.6 Å². The van der Waals surface area contributed by atoms with Gasteiger partial charge in [-0.25, -0.2) is 12.7 Å². The van der Waals surface area contributed by atoms with E-state index in [1.807, 2.05) is 13.0 Å². The highest BCUT2D eigenvalue weighted by Gasteiger charge is 2.27. The van der Waals surface area contributed by atoms with Crippen LogP contribution >= 0.6 is 0 Å². The summed E-state index contributed by atoms with van der Waals surface area (Å²) in [6, 6.07) is 10.4. The number of sulfonamides is 1. The molecule has 0 aromatic heterocycles. The fourth-order valence-corrected chi connectivity index (χ4v) is 4.12. The Bertz CT molecular complexity index is 462. The second-order valence-electron chi connectivity index (χ2n) is 4.90. The smallest absolute Gasteiger partial charge is 0.212 e. The van der Waals surface area contributed by atoms with Crippen molar-refractivity contribution in [2.45, 2.75) is 32.1 Å². The van der Waals surface area contributed by atoms with E-state index in [0.717, 1.165) is 12.8 Å². The van der Waals surface area contributed by atoms with Crippen LogP contribution < -0.4 is 0 Å². The Morgan fingerprint density at radius 3 is 2.33 bits per heavy atom. The number of hydrogen-bond acceptors (Lipinski definition) is 2. The van der Waals surface area contributed by atoms with Crippen LogP contribution in [0.2, 0.25) is 0 Å². The summed E-state index contributed by atoms with van der Waals surface area (Å²) in [6.45, 7) is 3.25. The maximum Gasteiger partial charge on any atom is 0.214 e. The van der Waals surface area contributed by atoms with Gasteiger partial charge in [-0.3, -0.25) is 0 Å². The van der Waals surface area contributed by atoms with Gasteiger partial charge in [-0.1, -0.05) is 37.3 Å². The van der Waals surface area contributed by atoms with E-state index in [0.29, 0.717) is 25.4 Å². The molecule has 0 spiro atoms. The number of benzene rings is 1. The maximum atomic E-state index is 12.0. The molecule has 2 rings (SSSR count). The third-order valence-corrected chi connectivity index (χ3v) is 5.66. The fourth-order valence-electron chi connectivity index (χ4n) is 2.58. The quantitative estimate of drug-likeness (QED) is 0.841. The molecule has 1 aliphatic heterocycles. The molecular formula is C14H21NO2S. The van der Waals surface area contributed by atoms with Crippen LogP contribution in [0.15, 0.2) is 30.3 Å². The molecule has 1 aromatic rings. The largest absolute Gasteiger partial charge is 0.214 e. The molecule has 0 aliphatic carbocycles. The Morgan fingerprint density at radius 2 is 1.78 bits per heavy atom. The van der Waals surface area contributed by atoms with Crippen LogP contribution in [0.25, 0.3) is 0 Å². The van der Waals surface area contributed by atoms with Crippen molar-refractivity contribution in [2.75, 3.05) is 18.8 Å². The van der Waals surface area contributed by atoms with E-state index >= 15 is 0 Å². The lowest BCUT2D eigenvalue weighted by molar-refractivity contribution is 0.319. The van der Waals surface area contributed by atoms with Crippen molar-refractivity contribution in [3.63, 3.8) is 0 Å². The SMILES string of the molecule is CCCS(=O)(=O)N1CCC(c2ccccc2)CC1. The third-order valence-electron chi connectivity index (χ3n) is 3.58. The molecule has 1 aliphatic rings. The predicted molar refractivity (Wildman–Crippen MR) is 74.1 cm³/mol. The van der Waals surface area contributed by atoms with Gasteiger partial charge in [0.25, 0.3) is 0 Å². The Hall–Kier alpha value is -0.870.